The minimum atomic E-state index is -0.571. The first-order chi connectivity index (χ1) is 4.20. The third kappa shape index (κ3) is 1.85. The lowest BCUT2D eigenvalue weighted by atomic mass is 10.0. The van der Waals surface area contributed by atoms with Crippen molar-refractivity contribution in [3.05, 3.63) is 0 Å². The number of hydrogen-bond donors (Lipinski definition) is 1. The van der Waals surface area contributed by atoms with Crippen LogP contribution in [0.3, 0.4) is 0 Å². The maximum Gasteiger partial charge on any atom is 0.109 e. The van der Waals surface area contributed by atoms with Crippen LogP contribution in [-0.2, 0) is 11.2 Å². The van der Waals surface area contributed by atoms with E-state index in [0.29, 0.717) is 12.0 Å². The van der Waals surface area contributed by atoms with E-state index < -0.39 is 11.2 Å². The highest BCUT2D eigenvalue weighted by atomic mass is 32.2. The molecule has 3 heteroatoms. The molecule has 0 aliphatic carbocycles. The summed E-state index contributed by atoms with van der Waals surface area (Å²) in [5, 5.41) is 0. The first kappa shape index (κ1) is 7.38. The Hall–Kier alpha value is 0.270. The van der Waals surface area contributed by atoms with Gasteiger partial charge >= 0.3 is 0 Å². The summed E-state index contributed by atoms with van der Waals surface area (Å²) in [5.41, 5.74) is 5.71. The zero-order valence-electron chi connectivity index (χ0n) is 5.67. The fourth-order valence-electron chi connectivity index (χ4n) is 1.05. The van der Waals surface area contributed by atoms with Crippen LogP contribution in [-0.4, -0.2) is 22.1 Å². The molecule has 0 saturated carbocycles. The van der Waals surface area contributed by atoms with E-state index >= 15 is 0 Å². The lowest BCUT2D eigenvalue weighted by Gasteiger charge is -2.26. The van der Waals surface area contributed by atoms with Gasteiger partial charge in [0.2, 0.25) is 0 Å². The Balaban J connectivity index is 2.35. The SMILES string of the molecule is CC1C[S+]([O-])CCC1N. The third-order valence-electron chi connectivity index (χ3n) is 1.86. The van der Waals surface area contributed by atoms with Crippen LogP contribution in [0.1, 0.15) is 13.3 Å². The lowest BCUT2D eigenvalue weighted by molar-refractivity contribution is 0.451. The first-order valence-electron chi connectivity index (χ1n) is 3.30. The van der Waals surface area contributed by atoms with Gasteiger partial charge in [-0.15, -0.1) is 0 Å². The van der Waals surface area contributed by atoms with Gasteiger partial charge in [0.1, 0.15) is 11.5 Å². The van der Waals surface area contributed by atoms with E-state index in [-0.39, 0.29) is 0 Å². The standard InChI is InChI=1S/C6H13NOS/c1-5-4-9(8)3-2-6(5)7/h5-6H,2-4,7H2,1H3. The van der Waals surface area contributed by atoms with Gasteiger partial charge in [-0.2, -0.15) is 0 Å². The van der Waals surface area contributed by atoms with Gasteiger partial charge in [-0.25, -0.2) is 0 Å². The molecule has 1 aliphatic heterocycles. The Bertz CT molecular complexity index is 99.1. The average Bonchev–Trinajstić information content (AvgIpc) is 1.80. The summed E-state index contributed by atoms with van der Waals surface area (Å²) in [6.07, 6.45) is 0.938. The topological polar surface area (TPSA) is 49.1 Å². The van der Waals surface area contributed by atoms with Gasteiger partial charge in [-0.05, 0) is 0 Å². The van der Waals surface area contributed by atoms with E-state index in [1.165, 1.54) is 0 Å². The second kappa shape index (κ2) is 2.90. The minimum Gasteiger partial charge on any atom is -0.616 e. The monoisotopic (exact) mass is 147 g/mol. The second-order valence-electron chi connectivity index (χ2n) is 2.74. The molecule has 54 valence electrons. The van der Waals surface area contributed by atoms with Crippen LogP contribution < -0.4 is 5.73 Å². The fourth-order valence-corrected chi connectivity index (χ4v) is 2.59. The van der Waals surface area contributed by atoms with Crippen molar-refractivity contribution in [2.45, 2.75) is 19.4 Å². The zero-order chi connectivity index (χ0) is 6.85. The molecule has 0 bridgehead atoms. The van der Waals surface area contributed by atoms with Crippen molar-refractivity contribution < 1.29 is 4.55 Å². The van der Waals surface area contributed by atoms with Gasteiger partial charge in [0, 0.05) is 18.4 Å². The molecule has 0 aromatic rings. The maximum atomic E-state index is 10.9. The van der Waals surface area contributed by atoms with Crippen molar-refractivity contribution in [3.63, 3.8) is 0 Å². The van der Waals surface area contributed by atoms with Crippen molar-refractivity contribution in [2.75, 3.05) is 11.5 Å². The highest BCUT2D eigenvalue weighted by Crippen LogP contribution is 2.15. The molecule has 0 spiro atoms. The smallest absolute Gasteiger partial charge is 0.109 e. The number of hydrogen-bond acceptors (Lipinski definition) is 2. The highest BCUT2D eigenvalue weighted by molar-refractivity contribution is 7.91. The summed E-state index contributed by atoms with van der Waals surface area (Å²) in [5.74, 6) is 2.08. The molecule has 0 radical (unpaired) electrons. The molecule has 1 rings (SSSR count). The van der Waals surface area contributed by atoms with E-state index in [1.807, 2.05) is 0 Å². The molecule has 0 aromatic heterocycles. The Labute approximate surface area is 59.0 Å². The van der Waals surface area contributed by atoms with Crippen LogP contribution in [0.25, 0.3) is 0 Å². The molecule has 0 amide bonds. The van der Waals surface area contributed by atoms with Crippen molar-refractivity contribution in [1.29, 1.82) is 0 Å². The normalized spacial score (nSPS) is 45.0. The summed E-state index contributed by atoms with van der Waals surface area (Å²) in [6, 6.07) is 0.294. The largest absolute Gasteiger partial charge is 0.616 e. The quantitative estimate of drug-likeness (QED) is 0.494. The molecule has 3 atom stereocenters. The van der Waals surface area contributed by atoms with Crippen LogP contribution in [0.5, 0.6) is 0 Å². The van der Waals surface area contributed by atoms with Gasteiger partial charge in [-0.3, -0.25) is 0 Å². The first-order valence-corrected chi connectivity index (χ1v) is 4.79. The minimum absolute atomic E-state index is 0.294. The van der Waals surface area contributed by atoms with Gasteiger partial charge in [-0.1, -0.05) is 18.1 Å². The predicted molar refractivity (Wildman–Crippen MR) is 39.6 cm³/mol. The summed E-state index contributed by atoms with van der Waals surface area (Å²) in [6.45, 7) is 2.07. The molecule has 0 aromatic carbocycles. The van der Waals surface area contributed by atoms with Gasteiger partial charge in [0.15, 0.2) is 0 Å². The van der Waals surface area contributed by atoms with Crippen molar-refractivity contribution in [2.24, 2.45) is 11.7 Å². The van der Waals surface area contributed by atoms with Crippen LogP contribution >= 0.6 is 0 Å². The molecule has 1 aliphatic rings. The van der Waals surface area contributed by atoms with E-state index in [1.54, 1.807) is 0 Å². The van der Waals surface area contributed by atoms with Crippen LogP contribution in [0.15, 0.2) is 0 Å². The van der Waals surface area contributed by atoms with Gasteiger partial charge in [0.05, 0.1) is 0 Å². The Morgan fingerprint density at radius 2 is 2.33 bits per heavy atom. The van der Waals surface area contributed by atoms with Gasteiger partial charge in [0.25, 0.3) is 0 Å². The molecule has 1 saturated heterocycles. The number of rotatable bonds is 0. The van der Waals surface area contributed by atoms with E-state index in [2.05, 4.69) is 6.92 Å². The summed E-state index contributed by atoms with van der Waals surface area (Å²) >= 11 is -0.571. The summed E-state index contributed by atoms with van der Waals surface area (Å²) < 4.78 is 10.9. The Kier molecular flexibility index (Phi) is 2.38. The molecule has 9 heavy (non-hydrogen) atoms. The molecular weight excluding hydrogens is 134 g/mol. The molecule has 2 N–H and O–H groups in total. The molecule has 3 unspecified atom stereocenters. The Morgan fingerprint density at radius 3 is 2.78 bits per heavy atom. The average molecular weight is 147 g/mol. The predicted octanol–water partition coefficient (Wildman–Crippen LogP) is 0.102. The van der Waals surface area contributed by atoms with E-state index in [0.717, 1.165) is 17.9 Å². The summed E-state index contributed by atoms with van der Waals surface area (Å²) in [4.78, 5) is 0. The zero-order valence-corrected chi connectivity index (χ0v) is 6.49. The van der Waals surface area contributed by atoms with Crippen LogP contribution in [0.2, 0.25) is 0 Å². The maximum absolute atomic E-state index is 10.9. The molecule has 1 fully saturated rings. The fraction of sp³-hybridized carbons (Fsp3) is 1.00. The highest BCUT2D eigenvalue weighted by Gasteiger charge is 2.25. The van der Waals surface area contributed by atoms with E-state index in [9.17, 15) is 4.55 Å². The summed E-state index contributed by atoms with van der Waals surface area (Å²) in [7, 11) is 0. The van der Waals surface area contributed by atoms with Crippen molar-refractivity contribution >= 4 is 11.2 Å². The van der Waals surface area contributed by atoms with Crippen molar-refractivity contribution in [3.8, 4) is 0 Å². The molecular formula is C6H13NOS. The van der Waals surface area contributed by atoms with Crippen LogP contribution in [0.4, 0.5) is 0 Å². The van der Waals surface area contributed by atoms with Crippen molar-refractivity contribution in [1.82, 2.24) is 0 Å². The van der Waals surface area contributed by atoms with Crippen LogP contribution in [0, 0.1) is 5.92 Å². The van der Waals surface area contributed by atoms with E-state index in [4.69, 9.17) is 5.73 Å². The third-order valence-corrected chi connectivity index (χ3v) is 3.45. The molecule has 1 heterocycles. The molecule has 2 nitrogen and oxygen atoms in total. The second-order valence-corrected chi connectivity index (χ2v) is 4.36. The number of nitrogens with two attached hydrogens (primary N) is 1. The van der Waals surface area contributed by atoms with Gasteiger partial charge < -0.3 is 10.3 Å². The lowest BCUT2D eigenvalue weighted by Crippen LogP contribution is -2.40. The Morgan fingerprint density at radius 1 is 1.67 bits per heavy atom.